The predicted octanol–water partition coefficient (Wildman–Crippen LogP) is 2.30. The van der Waals surface area contributed by atoms with E-state index in [0.29, 0.717) is 6.61 Å². The second-order valence-electron chi connectivity index (χ2n) is 6.26. The molecule has 0 aliphatic heterocycles. The van der Waals surface area contributed by atoms with E-state index in [1.807, 2.05) is 6.92 Å². The maximum Gasteiger partial charge on any atom is 0.315 e. The number of aromatic nitrogens is 3. The quantitative estimate of drug-likeness (QED) is 0.172. The Labute approximate surface area is 181 Å². The number of hydrogen-bond donors (Lipinski definition) is 2. The molecule has 0 saturated heterocycles. The van der Waals surface area contributed by atoms with Crippen LogP contribution in [-0.4, -0.2) is 50.8 Å². The Hall–Kier alpha value is -3.61. The number of carboxylic acid groups (broad SMARTS) is 1. The molecule has 0 fully saturated rings. The fourth-order valence-corrected chi connectivity index (χ4v) is 2.65. The highest BCUT2D eigenvalue weighted by Crippen LogP contribution is 2.38. The van der Waals surface area contributed by atoms with Crippen molar-refractivity contribution in [2.45, 2.75) is 32.6 Å². The van der Waals surface area contributed by atoms with Crippen LogP contribution in [0.15, 0.2) is 22.0 Å². The van der Waals surface area contributed by atoms with E-state index in [0.717, 1.165) is 17.5 Å². The van der Waals surface area contributed by atoms with Crippen molar-refractivity contribution in [2.75, 3.05) is 13.7 Å². The number of aromatic amines is 1. The summed E-state index contributed by atoms with van der Waals surface area (Å²) in [5, 5.41) is 30.5. The molecule has 0 aliphatic rings. The number of rotatable bonds is 11. The van der Waals surface area contributed by atoms with Crippen molar-refractivity contribution >= 4 is 30.1 Å². The number of nitrogens with zero attached hydrogens (tertiary/aromatic N) is 4. The molecule has 0 amide bonds. The predicted molar refractivity (Wildman–Crippen MR) is 113 cm³/mol. The minimum Gasteiger partial charge on any atom is -0.493 e. The third-order valence-corrected chi connectivity index (χ3v) is 4.30. The molecule has 2 N–H and O–H groups in total. The summed E-state index contributed by atoms with van der Waals surface area (Å²) < 4.78 is 11.5. The second kappa shape index (κ2) is 11.0. The first-order chi connectivity index (χ1) is 14.8. The van der Waals surface area contributed by atoms with E-state index >= 15 is 0 Å². The Balaban J connectivity index is 2.44. The van der Waals surface area contributed by atoms with Crippen molar-refractivity contribution in [1.82, 2.24) is 14.9 Å². The molecule has 0 aliphatic carbocycles. The van der Waals surface area contributed by atoms with Crippen LogP contribution in [0, 0.1) is 14.9 Å². The molecule has 2 aromatic rings. The van der Waals surface area contributed by atoms with Crippen LogP contribution in [0.5, 0.6) is 11.5 Å². The summed E-state index contributed by atoms with van der Waals surface area (Å²) in [6.07, 6.45) is 2.36. The van der Waals surface area contributed by atoms with E-state index in [1.165, 1.54) is 25.5 Å². The number of aryl methyl sites for hydroxylation is 1. The molecule has 31 heavy (non-hydrogen) atoms. The van der Waals surface area contributed by atoms with Crippen LogP contribution in [0.1, 0.15) is 37.4 Å². The molecule has 0 atom stereocenters. The lowest BCUT2D eigenvalue weighted by Crippen LogP contribution is -2.25. The molecule has 13 heteroatoms. The fraction of sp³-hybridized carbons (Fsp3) is 0.389. The van der Waals surface area contributed by atoms with Crippen molar-refractivity contribution in [3.8, 4) is 11.5 Å². The number of ether oxygens (including phenoxy) is 2. The van der Waals surface area contributed by atoms with Gasteiger partial charge >= 0.3 is 11.7 Å². The molecule has 166 valence electrons. The Morgan fingerprint density at radius 2 is 2.23 bits per heavy atom. The Kier molecular flexibility index (Phi) is 8.37. The number of carbonyl (C=O) groups is 1. The highest BCUT2D eigenvalue weighted by atomic mass is 32.1. The van der Waals surface area contributed by atoms with Crippen molar-refractivity contribution in [2.24, 2.45) is 5.10 Å². The summed E-state index contributed by atoms with van der Waals surface area (Å²) in [6, 6.07) is 2.71. The Morgan fingerprint density at radius 1 is 1.48 bits per heavy atom. The van der Waals surface area contributed by atoms with Gasteiger partial charge in [-0.15, -0.1) is 0 Å². The fourth-order valence-electron chi connectivity index (χ4n) is 2.48. The van der Waals surface area contributed by atoms with Crippen LogP contribution in [0.4, 0.5) is 5.69 Å². The number of aliphatic carboxylic acids is 1. The minimum absolute atomic E-state index is 0.00688. The van der Waals surface area contributed by atoms with Gasteiger partial charge in [-0.25, -0.2) is 0 Å². The lowest BCUT2D eigenvalue weighted by atomic mass is 10.2. The standard InChI is InChI=1S/C18H21N5O7S/c1-3-4-7-30-16-13(23(27)28)8-11(9-14(16)29-2)10-19-22-17(26)12(5-6-15(24)25)20-21-18(22)31/h8-10H,3-7H2,1-2H3,(H,21,31)(H,24,25)/b19-10-. The SMILES string of the molecule is CCCCOc1c(OC)cc(/C=N\n2c(=S)[nH]nc(CCC(=O)O)c2=O)cc1[N+](=O)[O-]. The van der Waals surface area contributed by atoms with Crippen LogP contribution in [0.2, 0.25) is 0 Å². The average molecular weight is 451 g/mol. The van der Waals surface area contributed by atoms with Crippen LogP contribution < -0.4 is 15.0 Å². The lowest BCUT2D eigenvalue weighted by molar-refractivity contribution is -0.386. The topological polar surface area (TPSA) is 162 Å². The van der Waals surface area contributed by atoms with Gasteiger partial charge in [0.05, 0.1) is 31.3 Å². The third-order valence-electron chi connectivity index (χ3n) is 4.03. The van der Waals surface area contributed by atoms with E-state index in [2.05, 4.69) is 15.3 Å². The van der Waals surface area contributed by atoms with Crippen LogP contribution in [0.25, 0.3) is 0 Å². The monoisotopic (exact) mass is 451 g/mol. The van der Waals surface area contributed by atoms with E-state index in [4.69, 9.17) is 26.8 Å². The summed E-state index contributed by atoms with van der Waals surface area (Å²) >= 11 is 5.01. The molecule has 0 bridgehead atoms. The molecule has 0 saturated carbocycles. The lowest BCUT2D eigenvalue weighted by Gasteiger charge is -2.11. The number of nitro benzene ring substituents is 1. The zero-order valence-corrected chi connectivity index (χ0v) is 17.7. The van der Waals surface area contributed by atoms with Gasteiger partial charge in [0.25, 0.3) is 5.56 Å². The molecular weight excluding hydrogens is 430 g/mol. The summed E-state index contributed by atoms with van der Waals surface area (Å²) in [5.41, 5.74) is -0.804. The maximum absolute atomic E-state index is 12.5. The molecule has 12 nitrogen and oxygen atoms in total. The highest BCUT2D eigenvalue weighted by Gasteiger charge is 2.22. The smallest absolute Gasteiger partial charge is 0.315 e. The summed E-state index contributed by atoms with van der Waals surface area (Å²) in [5.74, 6) is -0.937. The van der Waals surface area contributed by atoms with E-state index in [9.17, 15) is 19.7 Å². The number of unbranched alkanes of at least 4 members (excludes halogenated alkanes) is 1. The maximum atomic E-state index is 12.5. The van der Waals surface area contributed by atoms with Gasteiger partial charge in [-0.05, 0) is 24.7 Å². The van der Waals surface area contributed by atoms with E-state index in [1.54, 1.807) is 0 Å². The van der Waals surface area contributed by atoms with Gasteiger partial charge in [0, 0.05) is 18.1 Å². The van der Waals surface area contributed by atoms with Gasteiger partial charge in [0.15, 0.2) is 5.75 Å². The van der Waals surface area contributed by atoms with Gasteiger partial charge in [-0.3, -0.25) is 24.8 Å². The van der Waals surface area contributed by atoms with Gasteiger partial charge in [-0.2, -0.15) is 14.9 Å². The van der Waals surface area contributed by atoms with Crippen molar-refractivity contribution in [1.29, 1.82) is 0 Å². The Morgan fingerprint density at radius 3 is 2.84 bits per heavy atom. The number of H-pyrrole nitrogens is 1. The molecule has 1 aromatic carbocycles. The molecule has 1 aromatic heterocycles. The zero-order valence-electron chi connectivity index (χ0n) is 16.9. The summed E-state index contributed by atoms with van der Waals surface area (Å²) in [7, 11) is 1.35. The molecule has 2 rings (SSSR count). The first-order valence-corrected chi connectivity index (χ1v) is 9.65. The number of nitrogens with one attached hydrogen (secondary N) is 1. The Bertz CT molecular complexity index is 1110. The van der Waals surface area contributed by atoms with Crippen LogP contribution in [-0.2, 0) is 11.2 Å². The largest absolute Gasteiger partial charge is 0.493 e. The number of nitro groups is 1. The highest BCUT2D eigenvalue weighted by molar-refractivity contribution is 7.71. The molecule has 0 spiro atoms. The number of benzene rings is 1. The number of hydrogen-bond acceptors (Lipinski definition) is 9. The van der Waals surface area contributed by atoms with Gasteiger partial charge in [0.1, 0.15) is 5.69 Å². The molecule has 0 unspecified atom stereocenters. The van der Waals surface area contributed by atoms with Gasteiger partial charge in [0.2, 0.25) is 10.5 Å². The zero-order chi connectivity index (χ0) is 23.0. The summed E-state index contributed by atoms with van der Waals surface area (Å²) in [6.45, 7) is 2.26. The molecular formula is C18H21N5O7S. The second-order valence-corrected chi connectivity index (χ2v) is 6.65. The molecule has 0 radical (unpaired) electrons. The number of methoxy groups -OCH3 is 1. The average Bonchev–Trinajstić information content (AvgIpc) is 2.73. The first-order valence-electron chi connectivity index (χ1n) is 9.24. The van der Waals surface area contributed by atoms with Crippen LogP contribution >= 0.6 is 12.2 Å². The first kappa shape index (κ1) is 23.7. The normalized spacial score (nSPS) is 10.9. The number of carboxylic acids is 1. The van der Waals surface area contributed by atoms with Crippen molar-refractivity contribution in [3.63, 3.8) is 0 Å². The van der Waals surface area contributed by atoms with Crippen molar-refractivity contribution < 1.29 is 24.3 Å². The van der Waals surface area contributed by atoms with Crippen LogP contribution in [0.3, 0.4) is 0 Å². The summed E-state index contributed by atoms with van der Waals surface area (Å²) in [4.78, 5) is 34.1. The van der Waals surface area contributed by atoms with Gasteiger partial charge in [-0.1, -0.05) is 13.3 Å². The third kappa shape index (κ3) is 6.18. The van der Waals surface area contributed by atoms with E-state index in [-0.39, 0.29) is 46.1 Å². The van der Waals surface area contributed by atoms with E-state index < -0.39 is 16.5 Å². The van der Waals surface area contributed by atoms with Crippen molar-refractivity contribution in [3.05, 3.63) is 48.6 Å². The van der Waals surface area contributed by atoms with Gasteiger partial charge < -0.3 is 14.6 Å². The molecule has 1 heterocycles. The minimum atomic E-state index is -1.08.